The average molecular weight is 242 g/mol. The first kappa shape index (κ1) is 12.1. The molecule has 4 heteroatoms. The lowest BCUT2D eigenvalue weighted by molar-refractivity contribution is -0.447. The van der Waals surface area contributed by atoms with E-state index in [2.05, 4.69) is 0 Å². The highest BCUT2D eigenvalue weighted by Crippen LogP contribution is 2.22. The molecule has 2 aromatic carbocycles. The van der Waals surface area contributed by atoms with Crippen molar-refractivity contribution in [3.05, 3.63) is 76.8 Å². The zero-order valence-electron chi connectivity index (χ0n) is 9.56. The molecule has 0 saturated carbocycles. The Morgan fingerprint density at radius 1 is 1.00 bits per heavy atom. The van der Waals surface area contributed by atoms with Crippen LogP contribution in [0.4, 0.5) is 0 Å². The summed E-state index contributed by atoms with van der Waals surface area (Å²) in [5.41, 5.74) is 2.58. The van der Waals surface area contributed by atoms with E-state index in [0.717, 1.165) is 11.1 Å². The average Bonchev–Trinajstić information content (AvgIpc) is 2.39. The molecule has 0 bridgehead atoms. The van der Waals surface area contributed by atoms with Gasteiger partial charge in [0.15, 0.2) is 0 Å². The zero-order valence-corrected chi connectivity index (χ0v) is 9.56. The Morgan fingerprint density at radius 2 is 1.56 bits per heavy atom. The Hall–Kier alpha value is -2.33. The first-order valence-corrected chi connectivity index (χ1v) is 5.49. The quantitative estimate of drug-likeness (QED) is 0.509. The van der Waals surface area contributed by atoms with Gasteiger partial charge in [-0.15, -0.1) is 4.92 Å². The van der Waals surface area contributed by atoms with Gasteiger partial charge in [0, 0.05) is 6.10 Å². The van der Waals surface area contributed by atoms with Gasteiger partial charge in [-0.05, 0) is 23.2 Å². The molecule has 0 heterocycles. The number of nitrogens with zero attached hydrogens (tertiary/aromatic N) is 1. The molecule has 0 spiro atoms. The van der Waals surface area contributed by atoms with Crippen LogP contribution >= 0.6 is 0 Å². The highest BCUT2D eigenvalue weighted by molar-refractivity contribution is 5.63. The molecule has 2 aromatic rings. The predicted octanol–water partition coefficient (Wildman–Crippen LogP) is 2.83. The fourth-order valence-corrected chi connectivity index (χ4v) is 1.70. The fraction of sp³-hybridized carbons (Fsp3) is 0.0714. The SMILES string of the molecule is O=[N+]([O-])[CH-]C(O)c1ccc(-c2ccccc2)cc1. The van der Waals surface area contributed by atoms with Crippen LogP contribution in [0.3, 0.4) is 0 Å². The van der Waals surface area contributed by atoms with E-state index in [1.807, 2.05) is 42.5 Å². The fourth-order valence-electron chi connectivity index (χ4n) is 1.70. The summed E-state index contributed by atoms with van der Waals surface area (Å²) < 4.78 is 0. The maximum atomic E-state index is 10.3. The topological polar surface area (TPSA) is 63.4 Å². The largest absolute Gasteiger partial charge is 0.412 e. The van der Waals surface area contributed by atoms with Gasteiger partial charge in [0.05, 0.1) is 0 Å². The van der Waals surface area contributed by atoms with Gasteiger partial charge in [-0.3, -0.25) is 10.1 Å². The minimum Gasteiger partial charge on any atom is -0.412 e. The molecule has 1 unspecified atom stereocenters. The standard InChI is InChI=1S/C14H12NO3/c16-14(10-15(17)18)13-8-6-12(7-9-13)11-4-2-1-3-5-11/h1-10,14,16H/q-1. The number of benzene rings is 2. The second-order valence-corrected chi connectivity index (χ2v) is 3.87. The second kappa shape index (κ2) is 5.33. The van der Waals surface area contributed by atoms with E-state index in [-0.39, 0.29) is 0 Å². The lowest BCUT2D eigenvalue weighted by Gasteiger charge is -2.14. The Bertz CT molecular complexity index is 522. The third kappa shape index (κ3) is 2.87. The van der Waals surface area contributed by atoms with Crippen LogP contribution in [0.25, 0.3) is 11.1 Å². The van der Waals surface area contributed by atoms with Gasteiger partial charge >= 0.3 is 0 Å². The van der Waals surface area contributed by atoms with Gasteiger partial charge in [0.25, 0.3) is 0 Å². The molecule has 4 nitrogen and oxygen atoms in total. The number of aliphatic hydroxyl groups is 1. The van der Waals surface area contributed by atoms with Crippen molar-refractivity contribution < 1.29 is 10.0 Å². The summed E-state index contributed by atoms with van der Waals surface area (Å²) >= 11 is 0. The molecule has 0 aliphatic heterocycles. The molecule has 1 N–H and O–H groups in total. The molecule has 0 saturated heterocycles. The van der Waals surface area contributed by atoms with Crippen molar-refractivity contribution in [1.29, 1.82) is 0 Å². The minimum absolute atomic E-state index is 0.506. The molecule has 2 rings (SSSR count). The van der Waals surface area contributed by atoms with Crippen LogP contribution in [0.2, 0.25) is 0 Å². The molecule has 92 valence electrons. The number of hydrogen-bond donors (Lipinski definition) is 1. The maximum absolute atomic E-state index is 10.3. The van der Waals surface area contributed by atoms with Crippen molar-refractivity contribution in [2.75, 3.05) is 0 Å². The number of rotatable bonds is 4. The monoisotopic (exact) mass is 242 g/mol. The first-order chi connectivity index (χ1) is 8.66. The van der Waals surface area contributed by atoms with Crippen molar-refractivity contribution >= 4 is 0 Å². The zero-order chi connectivity index (χ0) is 13.0. The van der Waals surface area contributed by atoms with E-state index in [9.17, 15) is 15.2 Å². The highest BCUT2D eigenvalue weighted by atomic mass is 16.6. The Kier molecular flexibility index (Phi) is 3.60. The Labute approximate surface area is 105 Å². The normalized spacial score (nSPS) is 11.8. The van der Waals surface area contributed by atoms with Gasteiger partial charge in [-0.2, -0.15) is 0 Å². The van der Waals surface area contributed by atoms with Crippen LogP contribution < -0.4 is 0 Å². The van der Waals surface area contributed by atoms with Crippen molar-refractivity contribution in [3.63, 3.8) is 0 Å². The van der Waals surface area contributed by atoms with Crippen molar-refractivity contribution in [1.82, 2.24) is 0 Å². The van der Waals surface area contributed by atoms with E-state index < -0.39 is 11.0 Å². The smallest absolute Gasteiger partial charge is 0.0315 e. The van der Waals surface area contributed by atoms with Crippen LogP contribution in [-0.2, 0) is 0 Å². The molecule has 1 atom stereocenters. The van der Waals surface area contributed by atoms with E-state index in [4.69, 9.17) is 0 Å². The van der Waals surface area contributed by atoms with E-state index in [1.165, 1.54) is 0 Å². The third-order valence-corrected chi connectivity index (χ3v) is 2.62. The molecule has 18 heavy (non-hydrogen) atoms. The molecule has 0 fully saturated rings. The summed E-state index contributed by atoms with van der Waals surface area (Å²) in [6.45, 7) is 0.664. The number of nitro groups is 1. The summed E-state index contributed by atoms with van der Waals surface area (Å²) in [7, 11) is 0. The number of aliphatic hydroxyl groups excluding tert-OH is 1. The minimum atomic E-state index is -1.18. The van der Waals surface area contributed by atoms with Crippen molar-refractivity contribution in [2.45, 2.75) is 6.10 Å². The van der Waals surface area contributed by atoms with Gasteiger partial charge in [-0.25, -0.2) is 0 Å². The van der Waals surface area contributed by atoms with Crippen LogP contribution in [0.1, 0.15) is 11.7 Å². The van der Waals surface area contributed by atoms with Crippen molar-refractivity contribution in [3.8, 4) is 11.1 Å². The van der Waals surface area contributed by atoms with E-state index in [0.29, 0.717) is 12.1 Å². The van der Waals surface area contributed by atoms with Crippen LogP contribution in [0.5, 0.6) is 0 Å². The van der Waals surface area contributed by atoms with Crippen molar-refractivity contribution in [2.24, 2.45) is 0 Å². The summed E-state index contributed by atoms with van der Waals surface area (Å²) in [5, 5.41) is 19.8. The van der Waals surface area contributed by atoms with E-state index >= 15 is 0 Å². The van der Waals surface area contributed by atoms with Gasteiger partial charge in [0.2, 0.25) is 0 Å². The second-order valence-electron chi connectivity index (χ2n) is 3.87. The molecule has 0 aliphatic rings. The van der Waals surface area contributed by atoms with Crippen LogP contribution in [0, 0.1) is 16.7 Å². The van der Waals surface area contributed by atoms with E-state index in [1.54, 1.807) is 12.1 Å². The summed E-state index contributed by atoms with van der Waals surface area (Å²) in [6.07, 6.45) is -1.18. The molecular weight excluding hydrogens is 230 g/mol. The molecule has 0 radical (unpaired) electrons. The lowest BCUT2D eigenvalue weighted by atomic mass is 10.0. The summed E-state index contributed by atoms with van der Waals surface area (Å²) in [4.78, 5) is 9.62. The Balaban J connectivity index is 2.18. The molecule has 0 aromatic heterocycles. The van der Waals surface area contributed by atoms with Gasteiger partial charge in [0.1, 0.15) is 0 Å². The Morgan fingerprint density at radius 3 is 2.11 bits per heavy atom. The highest BCUT2D eigenvalue weighted by Gasteiger charge is 2.04. The molecular formula is C14H12NO3-. The van der Waals surface area contributed by atoms with Crippen LogP contribution in [-0.4, -0.2) is 10.0 Å². The summed E-state index contributed by atoms with van der Waals surface area (Å²) in [5.74, 6) is 0. The maximum Gasteiger partial charge on any atom is 0.0315 e. The predicted molar refractivity (Wildman–Crippen MR) is 68.1 cm³/mol. The lowest BCUT2D eigenvalue weighted by Crippen LogP contribution is -2.05. The van der Waals surface area contributed by atoms with Gasteiger partial charge < -0.3 is 5.11 Å². The third-order valence-electron chi connectivity index (χ3n) is 2.62. The number of hydrogen-bond acceptors (Lipinski definition) is 3. The molecule has 0 aliphatic carbocycles. The summed E-state index contributed by atoms with van der Waals surface area (Å²) in [6, 6.07) is 16.8. The van der Waals surface area contributed by atoms with Gasteiger partial charge in [-0.1, -0.05) is 54.6 Å². The van der Waals surface area contributed by atoms with Crippen LogP contribution in [0.15, 0.2) is 54.6 Å². The first-order valence-electron chi connectivity index (χ1n) is 5.49. The molecule has 0 amide bonds.